The van der Waals surface area contributed by atoms with Crippen LogP contribution in [0.25, 0.3) is 34.8 Å². The highest BCUT2D eigenvalue weighted by atomic mass is 16.8. The second kappa shape index (κ2) is 27.8. The maximum atomic E-state index is 13.3. The van der Waals surface area contributed by atoms with Crippen LogP contribution in [-0.4, -0.2) is 248 Å². The molecule has 31 heteroatoms. The summed E-state index contributed by atoms with van der Waals surface area (Å²) in [6.07, 6.45) is -33.3. The van der Waals surface area contributed by atoms with Crippen molar-refractivity contribution in [1.82, 2.24) is 0 Å². The van der Waals surface area contributed by atoms with Crippen LogP contribution in [0.2, 0.25) is 0 Å². The summed E-state index contributed by atoms with van der Waals surface area (Å²) >= 11 is 0. The quantitative estimate of drug-likeness (QED) is 0.0214. The molecule has 0 aromatic heterocycles. The number of rotatable bonds is 19. The number of carbonyl (C=O) groups excluding carboxylic acids is 2. The van der Waals surface area contributed by atoms with E-state index in [0.717, 1.165) is 36.4 Å². The summed E-state index contributed by atoms with van der Waals surface area (Å²) in [5.74, 6) is -5.25. The smallest absolute Gasteiger partial charge is 0.330 e. The molecule has 5 heterocycles. The largest absolute Gasteiger partial charge is 0.508 e. The molecule has 5 aliphatic heterocycles. The summed E-state index contributed by atoms with van der Waals surface area (Å²) in [6, 6.07) is 15.7. The lowest BCUT2D eigenvalue weighted by atomic mass is 9.97. The molecule has 0 saturated carbocycles. The number of phenols is 4. The Kier molecular flexibility index (Phi) is 20.5. The first kappa shape index (κ1) is 64.9. The maximum absolute atomic E-state index is 13.3. The number of esters is 2. The van der Waals surface area contributed by atoms with Crippen LogP contribution in [0.5, 0.6) is 40.2 Å². The summed E-state index contributed by atoms with van der Waals surface area (Å²) in [6.45, 7) is -3.29. The standard InChI is InChI=1S/C57H62O31/c58-18-35-41(67)45(71)49(75)55(84-35)82-33-14-23(2-10-29(33)63)4-12-40(66)79-21-38-44(70)47(73)51(77)56(87-38)88-53-48(74)42(68)36(19-59)85-57(53)83-34-17-27-31(80-52(34)24-5-7-25(60)8-6-24)15-26(61)16-32(27)81-54-50(76)46(72)43(69)37(86-54)20-78-39(65)11-3-22-1-9-28(62)30(64)13-22/h1-17,35-38,41-51,53-60,62-64,67-77H,18-21H2/b11-3+,12-4+/t35-,36-,37-,38-,41-,42-,43-,44-,45+,46+,47+,48+,49-,50-,51-,53-,54-,55-,56-,57-/m1/s1. The lowest BCUT2D eigenvalue weighted by Crippen LogP contribution is -2.65. The van der Waals surface area contributed by atoms with Crippen LogP contribution in [0.3, 0.4) is 0 Å². The number of aliphatic hydroxyl groups is 13. The summed E-state index contributed by atoms with van der Waals surface area (Å²) in [5, 5.41) is 179. The fraction of sp³-hybridized carbons (Fsp3) is 0.421. The minimum absolute atomic E-state index is 0.140. The van der Waals surface area contributed by atoms with Gasteiger partial charge in [-0.2, -0.15) is 0 Å². The van der Waals surface area contributed by atoms with Gasteiger partial charge >= 0.3 is 11.9 Å². The number of fused-ring (bicyclic) bond motifs is 1. The maximum Gasteiger partial charge on any atom is 0.330 e. The summed E-state index contributed by atoms with van der Waals surface area (Å²) < 4.78 is 63.2. The molecular formula is C57H62O31. The van der Waals surface area contributed by atoms with Crippen molar-refractivity contribution in [2.75, 3.05) is 26.4 Å². The Hall–Kier alpha value is -7.61. The number of aliphatic hydroxyl groups excluding tert-OH is 13. The number of carbonyl (C=O) groups is 2. The zero-order valence-electron chi connectivity index (χ0n) is 45.5. The highest BCUT2D eigenvalue weighted by molar-refractivity contribution is 5.88. The van der Waals surface area contributed by atoms with Crippen molar-refractivity contribution in [3.05, 3.63) is 112 Å². The Morgan fingerprint density at radius 2 is 0.932 bits per heavy atom. The van der Waals surface area contributed by atoms with Gasteiger partial charge < -0.3 is 139 Å². The van der Waals surface area contributed by atoms with Crippen LogP contribution >= 0.6 is 0 Å². The Bertz CT molecular complexity index is 3300. The first-order valence-electron chi connectivity index (χ1n) is 26.9. The molecule has 9 rings (SSSR count). The van der Waals surface area contributed by atoms with E-state index in [-0.39, 0.29) is 45.5 Å². The van der Waals surface area contributed by atoms with Gasteiger partial charge in [0.15, 0.2) is 52.3 Å². The molecule has 6 aliphatic rings. The molecule has 20 atom stereocenters. The third kappa shape index (κ3) is 14.4. The first-order valence-corrected chi connectivity index (χ1v) is 26.9. The SMILES string of the molecule is O=C(/C=C/c1ccc(O)c(O)c1)OC[C@H]1O[C@@H](Oc2cc(=O)cc3oc(-c4ccc(O)cc4)c(O[C@@H]4O[C@H](CO)[C@@H](O)[C@H](O)[C@H]4O[C@H]4O[C@H](COC(=O)/C=C/c5ccc(O)c(O[C@@H]6O[C@H](CO)[C@@H](O)[C@H](O)[C@H]6O)c5)[C@@H](O)[C@H](O)[C@H]4O)cc2-3)[C@H](O)[C@@H](O)[C@@H]1O. The molecule has 88 heavy (non-hydrogen) atoms. The van der Waals surface area contributed by atoms with Gasteiger partial charge in [0.25, 0.3) is 0 Å². The summed E-state index contributed by atoms with van der Waals surface area (Å²) in [4.78, 5) is 39.0. The molecule has 3 aromatic carbocycles. The topological polar surface area (TPSA) is 501 Å². The van der Waals surface area contributed by atoms with Gasteiger partial charge in [0, 0.05) is 29.8 Å². The second-order valence-corrected chi connectivity index (χ2v) is 20.6. The second-order valence-electron chi connectivity index (χ2n) is 20.6. The average molecular weight is 1240 g/mol. The van der Waals surface area contributed by atoms with Gasteiger partial charge in [-0.3, -0.25) is 4.79 Å². The van der Waals surface area contributed by atoms with E-state index in [1.807, 2.05) is 0 Å². The molecule has 0 spiro atoms. The molecule has 17 N–H and O–H groups in total. The van der Waals surface area contributed by atoms with Crippen LogP contribution in [0, 0.1) is 0 Å². The Morgan fingerprint density at radius 3 is 1.50 bits per heavy atom. The van der Waals surface area contributed by atoms with Gasteiger partial charge in [-0.15, -0.1) is 0 Å². The average Bonchev–Trinajstić information content (AvgIpc) is 0.995. The zero-order chi connectivity index (χ0) is 63.4. The molecule has 0 bridgehead atoms. The van der Waals surface area contributed by atoms with Crippen LogP contribution < -0.4 is 19.6 Å². The Morgan fingerprint density at radius 1 is 0.455 bits per heavy atom. The number of hydrogen-bond donors (Lipinski definition) is 17. The predicted molar refractivity (Wildman–Crippen MR) is 288 cm³/mol. The highest BCUT2D eigenvalue weighted by Gasteiger charge is 2.53. The van der Waals surface area contributed by atoms with E-state index < -0.39 is 190 Å². The lowest BCUT2D eigenvalue weighted by molar-refractivity contribution is -0.358. The van der Waals surface area contributed by atoms with Gasteiger partial charge in [0.05, 0.1) is 18.8 Å². The molecule has 31 nitrogen and oxygen atoms in total. The molecule has 1 aliphatic carbocycles. The minimum Gasteiger partial charge on any atom is -0.508 e. The predicted octanol–water partition coefficient (Wildman–Crippen LogP) is -3.88. The van der Waals surface area contributed by atoms with E-state index in [2.05, 4.69) is 0 Å². The number of ether oxygens (including phenoxy) is 10. The molecular weight excluding hydrogens is 1180 g/mol. The third-order valence-corrected chi connectivity index (χ3v) is 14.5. The van der Waals surface area contributed by atoms with Crippen molar-refractivity contribution in [2.45, 2.75) is 123 Å². The van der Waals surface area contributed by atoms with Gasteiger partial charge in [0.1, 0.15) is 122 Å². The van der Waals surface area contributed by atoms with Gasteiger partial charge in [-0.05, 0) is 77.9 Å². The highest BCUT2D eigenvalue weighted by Crippen LogP contribution is 2.44. The normalized spacial score (nSPS) is 32.6. The lowest BCUT2D eigenvalue weighted by Gasteiger charge is -2.46. The van der Waals surface area contributed by atoms with Crippen molar-refractivity contribution in [1.29, 1.82) is 0 Å². The van der Waals surface area contributed by atoms with Crippen LogP contribution in [0.4, 0.5) is 0 Å². The van der Waals surface area contributed by atoms with Crippen molar-refractivity contribution in [2.24, 2.45) is 0 Å². The molecule has 4 fully saturated rings. The number of phenolic OH excluding ortho intramolecular Hbond substituents is 4. The monoisotopic (exact) mass is 1240 g/mol. The fourth-order valence-corrected chi connectivity index (χ4v) is 9.60. The molecule has 3 aromatic rings. The summed E-state index contributed by atoms with van der Waals surface area (Å²) in [7, 11) is 0. The molecule has 0 unspecified atom stereocenters. The van der Waals surface area contributed by atoms with Crippen molar-refractivity contribution < 1.29 is 148 Å². The van der Waals surface area contributed by atoms with E-state index >= 15 is 0 Å². The minimum atomic E-state index is -2.16. The first-order chi connectivity index (χ1) is 41.9. The Balaban J connectivity index is 0.930. The van der Waals surface area contributed by atoms with E-state index in [1.54, 1.807) is 0 Å². The van der Waals surface area contributed by atoms with Crippen molar-refractivity contribution in [3.8, 4) is 62.9 Å². The summed E-state index contributed by atoms with van der Waals surface area (Å²) in [5.41, 5.74) is -0.305. The van der Waals surface area contributed by atoms with Gasteiger partial charge in [0.2, 0.25) is 18.9 Å². The van der Waals surface area contributed by atoms with Gasteiger partial charge in [-0.1, -0.05) is 12.1 Å². The molecule has 4 saturated heterocycles. The van der Waals surface area contributed by atoms with Crippen molar-refractivity contribution in [3.63, 3.8) is 0 Å². The van der Waals surface area contributed by atoms with E-state index in [1.165, 1.54) is 66.7 Å². The Labute approximate surface area is 495 Å². The molecule has 0 amide bonds. The third-order valence-electron chi connectivity index (χ3n) is 14.5. The zero-order valence-corrected chi connectivity index (χ0v) is 45.5. The van der Waals surface area contributed by atoms with Crippen LogP contribution in [0.15, 0.2) is 100 Å². The number of aromatic hydroxyl groups is 4. The van der Waals surface area contributed by atoms with Crippen LogP contribution in [-0.2, 0) is 42.7 Å². The van der Waals surface area contributed by atoms with Crippen LogP contribution in [0.1, 0.15) is 11.1 Å². The number of hydrogen-bond acceptors (Lipinski definition) is 31. The fourth-order valence-electron chi connectivity index (χ4n) is 9.60. The van der Waals surface area contributed by atoms with Gasteiger partial charge in [-0.25, -0.2) is 9.59 Å². The van der Waals surface area contributed by atoms with E-state index in [4.69, 9.17) is 51.8 Å². The van der Waals surface area contributed by atoms with Crippen molar-refractivity contribution >= 4 is 24.1 Å². The van der Waals surface area contributed by atoms with E-state index in [0.29, 0.717) is 5.56 Å². The molecule has 476 valence electrons. The number of benzene rings is 4. The molecule has 0 radical (unpaired) electrons. The van der Waals surface area contributed by atoms with E-state index in [9.17, 15) is 101 Å².